The van der Waals surface area contributed by atoms with Crippen molar-refractivity contribution in [1.82, 2.24) is 20.7 Å². The third-order valence-corrected chi connectivity index (χ3v) is 5.43. The molecule has 0 aliphatic carbocycles. The van der Waals surface area contributed by atoms with Crippen molar-refractivity contribution in [3.05, 3.63) is 53.6 Å². The van der Waals surface area contributed by atoms with Crippen molar-refractivity contribution in [3.8, 4) is 17.2 Å². The van der Waals surface area contributed by atoms with Crippen LogP contribution in [0.4, 0.5) is 4.79 Å². The van der Waals surface area contributed by atoms with E-state index in [9.17, 15) is 14.4 Å². The molecule has 1 fully saturated rings. The van der Waals surface area contributed by atoms with Crippen molar-refractivity contribution in [3.63, 3.8) is 0 Å². The van der Waals surface area contributed by atoms with Crippen molar-refractivity contribution in [2.24, 2.45) is 0 Å². The molecule has 4 amide bonds. The maximum absolute atomic E-state index is 13.0. The molecule has 176 valence electrons. The minimum Gasteiger partial charge on any atom is -0.497 e. The van der Waals surface area contributed by atoms with Crippen molar-refractivity contribution in [2.45, 2.75) is 19.0 Å². The number of hydrogen-bond acceptors (Lipinski definition) is 7. The number of hydrazine groups is 1. The van der Waals surface area contributed by atoms with E-state index in [4.69, 9.17) is 14.2 Å². The average Bonchev–Trinajstić information content (AvgIpc) is 3.02. The lowest BCUT2D eigenvalue weighted by Gasteiger charge is -2.23. The molecule has 2 N–H and O–H groups in total. The number of hydrogen-bond donors (Lipinski definition) is 2. The molecular formula is C23H28N4O6. The van der Waals surface area contributed by atoms with Gasteiger partial charge in [-0.05, 0) is 37.7 Å². The number of urea groups is 1. The number of amides is 4. The van der Waals surface area contributed by atoms with Gasteiger partial charge in [0.25, 0.3) is 11.8 Å². The number of nitrogens with one attached hydrogen (secondary N) is 2. The highest BCUT2D eigenvalue weighted by molar-refractivity contribution is 6.08. The number of carbonyl (C=O) groups excluding carboxylic acids is 3. The van der Waals surface area contributed by atoms with Crippen LogP contribution in [0.25, 0.3) is 0 Å². The Morgan fingerprint density at radius 3 is 2.36 bits per heavy atom. The van der Waals surface area contributed by atoms with Crippen molar-refractivity contribution < 1.29 is 28.6 Å². The number of nitrogens with zero attached hydrogens (tertiary/aromatic N) is 2. The van der Waals surface area contributed by atoms with Crippen LogP contribution in [0.5, 0.6) is 17.2 Å². The molecule has 1 saturated heterocycles. The molecule has 0 bridgehead atoms. The Hall–Kier alpha value is -3.79. The van der Waals surface area contributed by atoms with E-state index in [0.717, 1.165) is 5.56 Å². The van der Waals surface area contributed by atoms with Gasteiger partial charge < -0.3 is 19.5 Å². The van der Waals surface area contributed by atoms with Crippen LogP contribution >= 0.6 is 0 Å². The molecule has 1 unspecified atom stereocenters. The van der Waals surface area contributed by atoms with Crippen molar-refractivity contribution >= 4 is 17.8 Å². The van der Waals surface area contributed by atoms with Crippen LogP contribution in [0.2, 0.25) is 0 Å². The molecule has 2 aromatic rings. The largest absolute Gasteiger partial charge is 0.497 e. The molecule has 3 rings (SSSR count). The van der Waals surface area contributed by atoms with E-state index in [-0.39, 0.29) is 6.54 Å². The molecule has 0 radical (unpaired) electrons. The summed E-state index contributed by atoms with van der Waals surface area (Å²) in [6, 6.07) is 11.6. The molecule has 1 aliphatic rings. The fourth-order valence-electron chi connectivity index (χ4n) is 3.69. The Balaban J connectivity index is 1.65. The Labute approximate surface area is 192 Å². The molecule has 10 nitrogen and oxygen atoms in total. The maximum Gasteiger partial charge on any atom is 0.344 e. The Bertz CT molecular complexity index is 1040. The van der Waals surface area contributed by atoms with Gasteiger partial charge >= 0.3 is 6.03 Å². The van der Waals surface area contributed by atoms with E-state index in [0.29, 0.717) is 34.4 Å². The van der Waals surface area contributed by atoms with Crippen molar-refractivity contribution in [1.29, 1.82) is 0 Å². The quantitative estimate of drug-likeness (QED) is 0.552. The van der Waals surface area contributed by atoms with Crippen LogP contribution in [0.3, 0.4) is 0 Å². The standard InChI is InChI=1S/C23H28N4O6/c1-23(16-9-11-17(31-3)12-10-16)21(29)27(22(30)24-23)25-19(28)14-26(2)13-15-7-6-8-18(32-4)20(15)33-5/h6-12H,13-14H2,1-5H3,(H,24,30)(H,25,28). The van der Waals surface area contributed by atoms with Gasteiger partial charge in [0.05, 0.1) is 27.9 Å². The van der Waals surface area contributed by atoms with E-state index in [1.54, 1.807) is 63.4 Å². The van der Waals surface area contributed by atoms with Gasteiger partial charge in [0, 0.05) is 12.1 Å². The fourth-order valence-corrected chi connectivity index (χ4v) is 3.69. The smallest absolute Gasteiger partial charge is 0.344 e. The molecule has 33 heavy (non-hydrogen) atoms. The van der Waals surface area contributed by atoms with Gasteiger partial charge in [-0.2, -0.15) is 5.01 Å². The first kappa shape index (κ1) is 23.9. The lowest BCUT2D eigenvalue weighted by Crippen LogP contribution is -2.50. The van der Waals surface area contributed by atoms with Crippen LogP contribution in [0, 0.1) is 0 Å². The minimum atomic E-state index is -1.31. The zero-order valence-electron chi connectivity index (χ0n) is 19.3. The molecule has 0 saturated carbocycles. The summed E-state index contributed by atoms with van der Waals surface area (Å²) in [5.41, 5.74) is 2.49. The van der Waals surface area contributed by atoms with Gasteiger partial charge in [-0.1, -0.05) is 24.3 Å². The van der Waals surface area contributed by atoms with Gasteiger partial charge in [0.15, 0.2) is 11.5 Å². The van der Waals surface area contributed by atoms with E-state index < -0.39 is 23.4 Å². The second-order valence-corrected chi connectivity index (χ2v) is 7.78. The number of rotatable bonds is 9. The summed E-state index contributed by atoms with van der Waals surface area (Å²) in [5.74, 6) is 0.701. The highest BCUT2D eigenvalue weighted by atomic mass is 16.5. The lowest BCUT2D eigenvalue weighted by atomic mass is 9.92. The minimum absolute atomic E-state index is 0.0589. The summed E-state index contributed by atoms with van der Waals surface area (Å²) < 4.78 is 15.9. The van der Waals surface area contributed by atoms with E-state index in [1.807, 2.05) is 12.1 Å². The van der Waals surface area contributed by atoms with Gasteiger partial charge in [-0.15, -0.1) is 0 Å². The Morgan fingerprint density at radius 1 is 1.06 bits per heavy atom. The fraction of sp³-hybridized carbons (Fsp3) is 0.348. The highest BCUT2D eigenvalue weighted by Crippen LogP contribution is 2.31. The van der Waals surface area contributed by atoms with E-state index in [2.05, 4.69) is 10.7 Å². The van der Waals surface area contributed by atoms with E-state index in [1.165, 1.54) is 7.11 Å². The summed E-state index contributed by atoms with van der Waals surface area (Å²) in [4.78, 5) is 39.8. The average molecular weight is 456 g/mol. The topological polar surface area (TPSA) is 109 Å². The molecule has 10 heteroatoms. The summed E-state index contributed by atoms with van der Waals surface area (Å²) >= 11 is 0. The highest BCUT2D eigenvalue weighted by Gasteiger charge is 2.50. The number of imide groups is 1. The number of benzene rings is 2. The summed E-state index contributed by atoms with van der Waals surface area (Å²) in [6.45, 7) is 1.91. The normalized spacial score (nSPS) is 17.7. The number of carbonyl (C=O) groups is 3. The van der Waals surface area contributed by atoms with Gasteiger partial charge in [0.2, 0.25) is 0 Å². The first-order valence-corrected chi connectivity index (χ1v) is 10.2. The molecule has 1 aliphatic heterocycles. The predicted octanol–water partition coefficient (Wildman–Crippen LogP) is 1.64. The summed E-state index contributed by atoms with van der Waals surface area (Å²) in [6.07, 6.45) is 0. The Kier molecular flexibility index (Phi) is 7.07. The molecule has 2 aromatic carbocycles. The monoisotopic (exact) mass is 456 g/mol. The maximum atomic E-state index is 13.0. The van der Waals surface area contributed by atoms with Crippen LogP contribution < -0.4 is 25.0 Å². The predicted molar refractivity (Wildman–Crippen MR) is 120 cm³/mol. The zero-order chi connectivity index (χ0) is 24.2. The first-order valence-electron chi connectivity index (χ1n) is 10.2. The van der Waals surface area contributed by atoms with E-state index >= 15 is 0 Å². The lowest BCUT2D eigenvalue weighted by molar-refractivity contribution is -0.139. The van der Waals surface area contributed by atoms with Crippen LogP contribution in [-0.2, 0) is 21.7 Å². The Morgan fingerprint density at radius 2 is 1.76 bits per heavy atom. The number of ether oxygens (including phenoxy) is 3. The van der Waals surface area contributed by atoms with Crippen LogP contribution in [-0.4, -0.2) is 62.7 Å². The second-order valence-electron chi connectivity index (χ2n) is 7.78. The summed E-state index contributed by atoms with van der Waals surface area (Å²) in [5, 5.41) is 3.36. The zero-order valence-corrected chi connectivity index (χ0v) is 19.3. The van der Waals surface area contributed by atoms with Gasteiger partial charge in [-0.3, -0.25) is 19.9 Å². The molecule has 0 aromatic heterocycles. The number of methoxy groups -OCH3 is 3. The first-order chi connectivity index (χ1) is 15.7. The third-order valence-electron chi connectivity index (χ3n) is 5.43. The van der Waals surface area contributed by atoms with Crippen LogP contribution in [0.1, 0.15) is 18.1 Å². The van der Waals surface area contributed by atoms with Crippen LogP contribution in [0.15, 0.2) is 42.5 Å². The van der Waals surface area contributed by atoms with Gasteiger partial charge in [-0.25, -0.2) is 4.79 Å². The van der Waals surface area contributed by atoms with Crippen molar-refractivity contribution in [2.75, 3.05) is 34.9 Å². The third kappa shape index (κ3) is 4.85. The summed E-state index contributed by atoms with van der Waals surface area (Å²) in [7, 11) is 6.38. The molecule has 1 heterocycles. The molecular weight excluding hydrogens is 428 g/mol. The molecule has 1 atom stereocenters. The number of para-hydroxylation sites is 1. The molecule has 0 spiro atoms. The SMILES string of the molecule is COc1ccc(C2(C)NC(=O)N(NC(=O)CN(C)Cc3cccc(OC)c3OC)C2=O)cc1. The second kappa shape index (κ2) is 9.78. The number of likely N-dealkylation sites (N-methyl/N-ethyl adjacent to an activating group) is 1. The van der Waals surface area contributed by atoms with Gasteiger partial charge in [0.1, 0.15) is 11.3 Å².